The maximum atomic E-state index is 13.6. The maximum Gasteiger partial charge on any atom is 0.329 e. The van der Waals surface area contributed by atoms with Crippen LogP contribution in [0.25, 0.3) is 6.08 Å². The number of nitrogens with zero attached hydrogens (tertiary/aromatic N) is 2. The van der Waals surface area contributed by atoms with E-state index in [1.165, 1.54) is 18.2 Å². The number of carbonyl (C=O) groups excluding carboxylic acids is 3. The van der Waals surface area contributed by atoms with Gasteiger partial charge in [-0.1, -0.05) is 12.1 Å². The van der Waals surface area contributed by atoms with Crippen molar-refractivity contribution < 1.29 is 18.8 Å². The first-order valence-corrected chi connectivity index (χ1v) is 8.87. The first-order valence-electron chi connectivity index (χ1n) is 8.87. The lowest BCUT2D eigenvalue weighted by Crippen LogP contribution is -2.38. The fourth-order valence-electron chi connectivity index (χ4n) is 3.23. The number of urea groups is 1. The third-order valence-corrected chi connectivity index (χ3v) is 4.64. The zero-order valence-electron chi connectivity index (χ0n) is 15.9. The van der Waals surface area contributed by atoms with Crippen LogP contribution in [-0.2, 0) is 16.1 Å². The number of aryl methyl sites for hydroxylation is 1. The first-order chi connectivity index (χ1) is 13.3. The van der Waals surface area contributed by atoms with Crippen LogP contribution in [0.4, 0.5) is 14.9 Å². The number of halogens is 1. The number of anilines is 1. The molecule has 0 radical (unpaired) electrons. The summed E-state index contributed by atoms with van der Waals surface area (Å²) in [7, 11) is 0. The molecular formula is C20H21FN4O3. The van der Waals surface area contributed by atoms with Crippen molar-refractivity contribution in [1.29, 1.82) is 0 Å². The van der Waals surface area contributed by atoms with Crippen molar-refractivity contribution in [3.8, 4) is 0 Å². The molecule has 2 heterocycles. The predicted molar refractivity (Wildman–Crippen MR) is 103 cm³/mol. The molecule has 1 saturated heterocycles. The van der Waals surface area contributed by atoms with Gasteiger partial charge in [0, 0.05) is 17.9 Å². The van der Waals surface area contributed by atoms with Crippen LogP contribution >= 0.6 is 0 Å². The summed E-state index contributed by atoms with van der Waals surface area (Å²) in [4.78, 5) is 37.6. The summed E-state index contributed by atoms with van der Waals surface area (Å²) in [6.07, 6.45) is 1.60. The molecule has 146 valence electrons. The third kappa shape index (κ3) is 3.66. The third-order valence-electron chi connectivity index (χ3n) is 4.64. The van der Waals surface area contributed by atoms with Crippen LogP contribution in [0.5, 0.6) is 0 Å². The lowest BCUT2D eigenvalue weighted by molar-refractivity contribution is -0.127. The minimum atomic E-state index is -0.691. The van der Waals surface area contributed by atoms with Gasteiger partial charge in [-0.15, -0.1) is 0 Å². The van der Waals surface area contributed by atoms with Crippen molar-refractivity contribution in [2.75, 3.05) is 11.9 Å². The van der Waals surface area contributed by atoms with Crippen LogP contribution in [0.2, 0.25) is 0 Å². The minimum absolute atomic E-state index is 0.0117. The van der Waals surface area contributed by atoms with E-state index in [1.54, 1.807) is 12.1 Å². The molecule has 0 bridgehead atoms. The summed E-state index contributed by atoms with van der Waals surface area (Å²) in [5.74, 6) is -1.87. The molecule has 8 heteroatoms. The summed E-state index contributed by atoms with van der Waals surface area (Å²) in [5, 5.41) is 4.85. The van der Waals surface area contributed by atoms with E-state index < -0.39 is 30.2 Å². The van der Waals surface area contributed by atoms with Crippen LogP contribution in [0.1, 0.15) is 23.9 Å². The molecule has 1 aromatic heterocycles. The number of para-hydroxylation sites is 1. The second-order valence-electron chi connectivity index (χ2n) is 6.48. The summed E-state index contributed by atoms with van der Waals surface area (Å²) in [6.45, 7) is 6.21. The van der Waals surface area contributed by atoms with Crippen molar-refractivity contribution in [3.05, 3.63) is 58.8 Å². The van der Waals surface area contributed by atoms with Crippen LogP contribution in [0.3, 0.4) is 0 Å². The van der Waals surface area contributed by atoms with E-state index in [0.29, 0.717) is 0 Å². The standard InChI is InChI=1S/C20H21FN4O3/c1-4-24-12(2)9-14(13(24)3)10-17-19(27)25(20(28)23-17)11-18(26)22-16-8-6-5-7-15(16)21/h5-10H,4,11H2,1-3H3,(H,22,26)(H,23,28)/b17-10-. The molecule has 28 heavy (non-hydrogen) atoms. The molecule has 0 saturated carbocycles. The van der Waals surface area contributed by atoms with Crippen LogP contribution in [0, 0.1) is 19.7 Å². The zero-order chi connectivity index (χ0) is 20.4. The average molecular weight is 384 g/mol. The van der Waals surface area contributed by atoms with Crippen LogP contribution < -0.4 is 10.6 Å². The number of hydrogen-bond acceptors (Lipinski definition) is 3. The molecular weight excluding hydrogens is 363 g/mol. The van der Waals surface area contributed by atoms with Crippen LogP contribution in [0.15, 0.2) is 36.0 Å². The van der Waals surface area contributed by atoms with Gasteiger partial charge in [-0.3, -0.25) is 9.59 Å². The second kappa shape index (κ2) is 7.67. The Balaban J connectivity index is 1.75. The highest BCUT2D eigenvalue weighted by atomic mass is 19.1. The van der Waals surface area contributed by atoms with Crippen molar-refractivity contribution in [2.45, 2.75) is 27.3 Å². The molecule has 0 atom stereocenters. The molecule has 2 N–H and O–H groups in total. The number of benzene rings is 1. The predicted octanol–water partition coefficient (Wildman–Crippen LogP) is 2.80. The number of hydrogen-bond donors (Lipinski definition) is 2. The van der Waals surface area contributed by atoms with Gasteiger partial charge in [-0.25, -0.2) is 14.1 Å². The van der Waals surface area contributed by atoms with E-state index in [-0.39, 0.29) is 11.4 Å². The van der Waals surface area contributed by atoms with Crippen molar-refractivity contribution in [1.82, 2.24) is 14.8 Å². The summed E-state index contributed by atoms with van der Waals surface area (Å²) in [5.41, 5.74) is 2.93. The summed E-state index contributed by atoms with van der Waals surface area (Å²) < 4.78 is 15.7. The van der Waals surface area contributed by atoms with Gasteiger partial charge in [0.2, 0.25) is 5.91 Å². The van der Waals surface area contributed by atoms with E-state index in [9.17, 15) is 18.8 Å². The summed E-state index contributed by atoms with van der Waals surface area (Å²) in [6, 6.07) is 6.91. The number of aromatic nitrogens is 1. The normalized spacial score (nSPS) is 15.3. The topological polar surface area (TPSA) is 83.4 Å². The van der Waals surface area contributed by atoms with Gasteiger partial charge in [-0.2, -0.15) is 0 Å². The lowest BCUT2D eigenvalue weighted by atomic mass is 10.2. The average Bonchev–Trinajstić information content (AvgIpc) is 3.06. The number of imide groups is 1. The minimum Gasteiger partial charge on any atom is -0.349 e. The molecule has 1 aliphatic rings. The maximum absolute atomic E-state index is 13.6. The van der Waals surface area contributed by atoms with Crippen molar-refractivity contribution in [3.63, 3.8) is 0 Å². The van der Waals surface area contributed by atoms with Gasteiger partial charge >= 0.3 is 6.03 Å². The molecule has 0 unspecified atom stereocenters. The number of rotatable bonds is 5. The Morgan fingerprint density at radius 2 is 1.96 bits per heavy atom. The monoisotopic (exact) mass is 384 g/mol. The number of amides is 4. The first kappa shape index (κ1) is 19.3. The zero-order valence-corrected chi connectivity index (χ0v) is 15.9. The molecule has 0 spiro atoms. The number of carbonyl (C=O) groups is 3. The van der Waals surface area contributed by atoms with Gasteiger partial charge in [-0.05, 0) is 50.6 Å². The van der Waals surface area contributed by atoms with E-state index in [1.807, 2.05) is 26.8 Å². The fourth-order valence-corrected chi connectivity index (χ4v) is 3.23. The van der Waals surface area contributed by atoms with Gasteiger partial charge in [0.25, 0.3) is 5.91 Å². The highest BCUT2D eigenvalue weighted by Crippen LogP contribution is 2.20. The number of nitrogens with one attached hydrogen (secondary N) is 2. The SMILES string of the molecule is CCn1c(C)cc(/C=C2\NC(=O)N(CC(=O)Nc3ccccc3F)C2=O)c1C. The van der Waals surface area contributed by atoms with E-state index in [0.717, 1.165) is 28.4 Å². The summed E-state index contributed by atoms with van der Waals surface area (Å²) >= 11 is 0. The van der Waals surface area contributed by atoms with Gasteiger partial charge < -0.3 is 15.2 Å². The Bertz CT molecular complexity index is 993. The molecule has 4 amide bonds. The Kier molecular flexibility index (Phi) is 5.30. The largest absolute Gasteiger partial charge is 0.349 e. The molecule has 2 aromatic rings. The van der Waals surface area contributed by atoms with E-state index in [2.05, 4.69) is 15.2 Å². The Morgan fingerprint density at radius 3 is 2.61 bits per heavy atom. The highest BCUT2D eigenvalue weighted by Gasteiger charge is 2.35. The molecule has 0 aliphatic carbocycles. The Morgan fingerprint density at radius 1 is 1.25 bits per heavy atom. The smallest absolute Gasteiger partial charge is 0.329 e. The van der Waals surface area contributed by atoms with Crippen molar-refractivity contribution in [2.24, 2.45) is 0 Å². The molecule has 3 rings (SSSR count). The molecule has 7 nitrogen and oxygen atoms in total. The molecule has 1 aromatic carbocycles. The highest BCUT2D eigenvalue weighted by molar-refractivity contribution is 6.16. The fraction of sp³-hybridized carbons (Fsp3) is 0.250. The van der Waals surface area contributed by atoms with E-state index >= 15 is 0 Å². The molecule has 1 fully saturated rings. The van der Waals surface area contributed by atoms with Gasteiger partial charge in [0.15, 0.2) is 0 Å². The molecule has 1 aliphatic heterocycles. The quantitative estimate of drug-likeness (QED) is 0.614. The second-order valence-corrected chi connectivity index (χ2v) is 6.48. The van der Waals surface area contributed by atoms with Gasteiger partial charge in [0.1, 0.15) is 18.1 Å². The Hall–Kier alpha value is -3.42. The Labute approximate surface area is 161 Å². The van der Waals surface area contributed by atoms with Gasteiger partial charge in [0.05, 0.1) is 5.69 Å². The lowest BCUT2D eigenvalue weighted by Gasteiger charge is -2.12. The van der Waals surface area contributed by atoms with Crippen LogP contribution in [-0.4, -0.2) is 33.9 Å². The van der Waals surface area contributed by atoms with E-state index in [4.69, 9.17) is 0 Å². The van der Waals surface area contributed by atoms with Crippen molar-refractivity contribution >= 4 is 29.6 Å².